The second kappa shape index (κ2) is 9.89. The summed E-state index contributed by atoms with van der Waals surface area (Å²) in [7, 11) is 5.69. The van der Waals surface area contributed by atoms with Crippen molar-refractivity contribution in [2.45, 2.75) is 12.0 Å². The van der Waals surface area contributed by atoms with Crippen LogP contribution < -0.4 is 10.1 Å². The zero-order valence-corrected chi connectivity index (χ0v) is 17.2. The molecule has 0 fully saturated rings. The fraction of sp³-hybridized carbons (Fsp3) is 0.240. The number of benzene rings is 3. The molecule has 0 aromatic heterocycles. The van der Waals surface area contributed by atoms with E-state index in [0.717, 1.165) is 22.4 Å². The number of ether oxygens (including phenoxy) is 1. The molecular weight excluding hydrogens is 360 g/mol. The number of carbonyl (C=O) groups excluding carboxylic acids is 1. The van der Waals surface area contributed by atoms with Crippen molar-refractivity contribution in [2.75, 3.05) is 27.7 Å². The molecule has 0 saturated carbocycles. The van der Waals surface area contributed by atoms with Gasteiger partial charge >= 0.3 is 0 Å². The summed E-state index contributed by atoms with van der Waals surface area (Å²) in [6, 6.07) is 27.8. The molecule has 0 radical (unpaired) electrons. The van der Waals surface area contributed by atoms with E-state index in [4.69, 9.17) is 4.74 Å². The summed E-state index contributed by atoms with van der Waals surface area (Å²) >= 11 is 0. The topological polar surface area (TPSA) is 41.6 Å². The van der Waals surface area contributed by atoms with Crippen LogP contribution in [0.3, 0.4) is 0 Å². The van der Waals surface area contributed by atoms with Crippen molar-refractivity contribution in [1.29, 1.82) is 0 Å². The van der Waals surface area contributed by atoms with Crippen molar-refractivity contribution in [3.63, 3.8) is 0 Å². The normalized spacial score (nSPS) is 12.0. The van der Waals surface area contributed by atoms with Gasteiger partial charge in [-0.05, 0) is 42.9 Å². The molecule has 4 heteroatoms. The van der Waals surface area contributed by atoms with E-state index in [9.17, 15) is 4.79 Å². The first-order valence-corrected chi connectivity index (χ1v) is 9.78. The van der Waals surface area contributed by atoms with E-state index >= 15 is 0 Å². The first-order valence-electron chi connectivity index (χ1n) is 9.78. The largest absolute Gasteiger partial charge is 0.497 e. The lowest BCUT2D eigenvalue weighted by Gasteiger charge is -2.27. The molecule has 0 aliphatic rings. The average molecular weight is 389 g/mol. The molecule has 29 heavy (non-hydrogen) atoms. The second-order valence-electron chi connectivity index (χ2n) is 7.26. The van der Waals surface area contributed by atoms with E-state index in [1.165, 1.54) is 0 Å². The molecule has 0 unspecified atom stereocenters. The fourth-order valence-corrected chi connectivity index (χ4v) is 3.53. The van der Waals surface area contributed by atoms with Gasteiger partial charge in [0.2, 0.25) is 5.91 Å². The van der Waals surface area contributed by atoms with E-state index in [1.54, 1.807) is 7.11 Å². The van der Waals surface area contributed by atoms with Gasteiger partial charge in [0.05, 0.1) is 19.1 Å². The molecule has 3 rings (SSSR count). The fourth-order valence-electron chi connectivity index (χ4n) is 3.53. The molecule has 4 nitrogen and oxygen atoms in total. The molecule has 3 aromatic carbocycles. The summed E-state index contributed by atoms with van der Waals surface area (Å²) in [5, 5.41) is 3.18. The van der Waals surface area contributed by atoms with Gasteiger partial charge in [0.15, 0.2) is 0 Å². The van der Waals surface area contributed by atoms with Gasteiger partial charge in [-0.1, -0.05) is 72.8 Å². The van der Waals surface area contributed by atoms with E-state index in [-0.39, 0.29) is 17.9 Å². The lowest BCUT2D eigenvalue weighted by atomic mass is 9.90. The van der Waals surface area contributed by atoms with Crippen molar-refractivity contribution in [3.05, 3.63) is 102 Å². The maximum absolute atomic E-state index is 13.3. The van der Waals surface area contributed by atoms with E-state index in [0.29, 0.717) is 6.54 Å². The lowest BCUT2D eigenvalue weighted by Crippen LogP contribution is -2.37. The maximum atomic E-state index is 13.3. The highest BCUT2D eigenvalue weighted by Gasteiger charge is 2.24. The van der Waals surface area contributed by atoms with Crippen molar-refractivity contribution in [3.8, 4) is 5.75 Å². The molecule has 0 aliphatic heterocycles. The number of nitrogens with one attached hydrogen (secondary N) is 1. The van der Waals surface area contributed by atoms with Crippen LogP contribution in [0.4, 0.5) is 0 Å². The van der Waals surface area contributed by atoms with Crippen LogP contribution in [-0.2, 0) is 4.79 Å². The minimum atomic E-state index is -0.342. The molecule has 3 aromatic rings. The SMILES string of the molecule is COc1cccc([C@@H](CNC(=O)C(c2ccccc2)c2ccccc2)N(C)C)c1. The van der Waals surface area contributed by atoms with Gasteiger partial charge in [-0.2, -0.15) is 0 Å². The van der Waals surface area contributed by atoms with E-state index < -0.39 is 0 Å². The molecule has 0 aliphatic carbocycles. The van der Waals surface area contributed by atoms with Gasteiger partial charge < -0.3 is 15.0 Å². The van der Waals surface area contributed by atoms with Gasteiger partial charge in [-0.15, -0.1) is 0 Å². The summed E-state index contributed by atoms with van der Waals surface area (Å²) in [6.45, 7) is 0.509. The summed E-state index contributed by atoms with van der Waals surface area (Å²) in [5.41, 5.74) is 3.07. The third kappa shape index (κ3) is 5.24. The number of carbonyl (C=O) groups is 1. The number of rotatable bonds is 8. The van der Waals surface area contributed by atoms with Crippen LogP contribution in [0, 0.1) is 0 Å². The Balaban J connectivity index is 1.81. The number of amides is 1. The number of methoxy groups -OCH3 is 1. The van der Waals surface area contributed by atoms with Crippen LogP contribution in [0.2, 0.25) is 0 Å². The minimum absolute atomic E-state index is 0.00264. The lowest BCUT2D eigenvalue weighted by molar-refractivity contribution is -0.121. The van der Waals surface area contributed by atoms with Gasteiger partial charge in [0.25, 0.3) is 0 Å². The monoisotopic (exact) mass is 388 g/mol. The van der Waals surface area contributed by atoms with Crippen molar-refractivity contribution in [2.24, 2.45) is 0 Å². The highest BCUT2D eigenvalue weighted by atomic mass is 16.5. The average Bonchev–Trinajstić information content (AvgIpc) is 2.75. The highest BCUT2D eigenvalue weighted by Crippen LogP contribution is 2.26. The van der Waals surface area contributed by atoms with Crippen LogP contribution in [-0.4, -0.2) is 38.6 Å². The standard InChI is InChI=1S/C25H28N2O2/c1-27(2)23(21-15-10-16-22(17-21)29-3)18-26-25(28)24(19-11-6-4-7-12-19)20-13-8-5-9-14-20/h4-17,23-24H,18H2,1-3H3,(H,26,28)/t23-/m1/s1. The Labute approximate surface area is 173 Å². The van der Waals surface area contributed by atoms with E-state index in [1.807, 2.05) is 93.0 Å². The zero-order chi connectivity index (χ0) is 20.6. The summed E-state index contributed by atoms with van der Waals surface area (Å²) in [5.74, 6) is 0.467. The van der Waals surface area contributed by atoms with Crippen LogP contribution >= 0.6 is 0 Å². The van der Waals surface area contributed by atoms with E-state index in [2.05, 4.69) is 16.3 Å². The Morgan fingerprint density at radius 1 is 0.862 bits per heavy atom. The zero-order valence-electron chi connectivity index (χ0n) is 17.2. The third-order valence-electron chi connectivity index (χ3n) is 5.10. The Kier molecular flexibility index (Phi) is 7.04. The predicted octanol–water partition coefficient (Wildman–Crippen LogP) is 4.25. The molecular formula is C25H28N2O2. The van der Waals surface area contributed by atoms with Crippen LogP contribution in [0.15, 0.2) is 84.9 Å². The molecule has 1 N–H and O–H groups in total. The molecule has 0 heterocycles. The summed E-state index contributed by atoms with van der Waals surface area (Å²) < 4.78 is 5.36. The Bertz CT molecular complexity index is 871. The van der Waals surface area contributed by atoms with Crippen LogP contribution in [0.1, 0.15) is 28.7 Å². The second-order valence-corrected chi connectivity index (χ2v) is 7.26. The molecule has 0 bridgehead atoms. The van der Waals surface area contributed by atoms with Gasteiger partial charge in [0.1, 0.15) is 5.75 Å². The first kappa shape index (κ1) is 20.6. The van der Waals surface area contributed by atoms with Crippen molar-refractivity contribution >= 4 is 5.91 Å². The molecule has 1 amide bonds. The molecule has 1 atom stereocenters. The van der Waals surface area contributed by atoms with Gasteiger partial charge in [-0.25, -0.2) is 0 Å². The number of hydrogen-bond acceptors (Lipinski definition) is 3. The molecule has 0 spiro atoms. The number of nitrogens with zero attached hydrogens (tertiary/aromatic N) is 1. The highest BCUT2D eigenvalue weighted by molar-refractivity contribution is 5.87. The van der Waals surface area contributed by atoms with Crippen LogP contribution in [0.25, 0.3) is 0 Å². The number of hydrogen-bond donors (Lipinski definition) is 1. The van der Waals surface area contributed by atoms with Crippen LogP contribution in [0.5, 0.6) is 5.75 Å². The Morgan fingerprint density at radius 2 is 1.41 bits per heavy atom. The van der Waals surface area contributed by atoms with Gasteiger partial charge in [-0.3, -0.25) is 4.79 Å². The molecule has 150 valence electrons. The first-order chi connectivity index (χ1) is 14.1. The quantitative estimate of drug-likeness (QED) is 0.627. The van der Waals surface area contributed by atoms with Gasteiger partial charge in [0, 0.05) is 6.54 Å². The Morgan fingerprint density at radius 3 is 1.93 bits per heavy atom. The Hall–Kier alpha value is -3.11. The summed E-state index contributed by atoms with van der Waals surface area (Å²) in [4.78, 5) is 15.4. The smallest absolute Gasteiger partial charge is 0.232 e. The number of likely N-dealkylation sites (N-methyl/N-ethyl adjacent to an activating group) is 1. The van der Waals surface area contributed by atoms with Crippen molar-refractivity contribution < 1.29 is 9.53 Å². The maximum Gasteiger partial charge on any atom is 0.232 e. The summed E-state index contributed by atoms with van der Waals surface area (Å²) in [6.07, 6.45) is 0. The molecule has 0 saturated heterocycles. The minimum Gasteiger partial charge on any atom is -0.497 e. The third-order valence-corrected chi connectivity index (χ3v) is 5.10. The van der Waals surface area contributed by atoms with Crippen molar-refractivity contribution in [1.82, 2.24) is 10.2 Å². The predicted molar refractivity (Wildman–Crippen MR) is 117 cm³/mol.